The van der Waals surface area contributed by atoms with Crippen LogP contribution < -0.4 is 11.5 Å². The third-order valence-corrected chi connectivity index (χ3v) is 2.62. The monoisotopic (exact) mass is 256 g/mol. The summed E-state index contributed by atoms with van der Waals surface area (Å²) < 4.78 is 1.79. The Morgan fingerprint density at radius 2 is 2.11 bits per heavy atom. The molecule has 6 nitrogen and oxygen atoms in total. The lowest BCUT2D eigenvalue weighted by atomic mass is 10.0. The molecule has 2 aromatic rings. The van der Waals surface area contributed by atoms with E-state index in [-0.39, 0.29) is 5.96 Å². The maximum Gasteiger partial charge on any atom is 0.211 e. The highest BCUT2D eigenvalue weighted by Crippen LogP contribution is 2.18. The Kier molecular flexibility index (Phi) is 3.61. The molecule has 0 spiro atoms. The van der Waals surface area contributed by atoms with E-state index in [1.165, 1.54) is 0 Å². The summed E-state index contributed by atoms with van der Waals surface area (Å²) in [4.78, 5) is 0. The Morgan fingerprint density at radius 1 is 1.32 bits per heavy atom. The molecule has 0 aliphatic heterocycles. The Balaban J connectivity index is 2.53. The molecule has 0 fully saturated rings. The van der Waals surface area contributed by atoms with Crippen molar-refractivity contribution in [2.24, 2.45) is 21.7 Å². The molecule has 1 aromatic carbocycles. The van der Waals surface area contributed by atoms with Crippen molar-refractivity contribution in [2.75, 3.05) is 0 Å². The van der Waals surface area contributed by atoms with E-state index in [0.717, 1.165) is 22.4 Å². The van der Waals surface area contributed by atoms with Gasteiger partial charge in [0.1, 0.15) is 0 Å². The second-order valence-electron chi connectivity index (χ2n) is 4.23. The topological polar surface area (TPSA) is 94.6 Å². The summed E-state index contributed by atoms with van der Waals surface area (Å²) in [6, 6.07) is 5.98. The van der Waals surface area contributed by atoms with Crippen LogP contribution in [0.15, 0.2) is 40.8 Å². The average Bonchev–Trinajstić information content (AvgIpc) is 2.84. The van der Waals surface area contributed by atoms with Crippen molar-refractivity contribution >= 4 is 12.2 Å². The van der Waals surface area contributed by atoms with Gasteiger partial charge in [-0.1, -0.05) is 6.07 Å². The molecular formula is C13H16N6. The van der Waals surface area contributed by atoms with Crippen LogP contribution >= 0.6 is 0 Å². The molecule has 1 heterocycles. The predicted octanol–water partition coefficient (Wildman–Crippen LogP) is 1.10. The normalized spacial score (nSPS) is 10.8. The van der Waals surface area contributed by atoms with E-state index in [4.69, 9.17) is 11.5 Å². The van der Waals surface area contributed by atoms with Gasteiger partial charge >= 0.3 is 0 Å². The number of hydrogen-bond acceptors (Lipinski definition) is 3. The van der Waals surface area contributed by atoms with Gasteiger partial charge in [0.2, 0.25) is 5.96 Å². The molecule has 0 aliphatic carbocycles. The van der Waals surface area contributed by atoms with Gasteiger partial charge in [0.25, 0.3) is 0 Å². The number of aromatic nitrogens is 2. The van der Waals surface area contributed by atoms with E-state index in [1.807, 2.05) is 32.2 Å². The zero-order valence-electron chi connectivity index (χ0n) is 10.9. The summed E-state index contributed by atoms with van der Waals surface area (Å²) in [5, 5.41) is 11.7. The molecule has 0 saturated heterocycles. The van der Waals surface area contributed by atoms with E-state index in [2.05, 4.69) is 21.4 Å². The molecule has 0 unspecified atom stereocenters. The molecule has 1 aromatic heterocycles. The number of nitrogens with zero attached hydrogens (tertiary/aromatic N) is 4. The van der Waals surface area contributed by atoms with Crippen LogP contribution in [0.2, 0.25) is 0 Å². The van der Waals surface area contributed by atoms with E-state index in [0.29, 0.717) is 0 Å². The lowest BCUT2D eigenvalue weighted by Gasteiger charge is -2.10. The van der Waals surface area contributed by atoms with Crippen molar-refractivity contribution in [2.45, 2.75) is 13.8 Å². The van der Waals surface area contributed by atoms with Gasteiger partial charge in [-0.25, -0.2) is 4.68 Å². The first-order chi connectivity index (χ1) is 9.08. The molecule has 6 heteroatoms. The van der Waals surface area contributed by atoms with Crippen molar-refractivity contribution in [1.82, 2.24) is 9.78 Å². The number of aryl methyl sites for hydroxylation is 2. The van der Waals surface area contributed by atoms with E-state index < -0.39 is 0 Å². The van der Waals surface area contributed by atoms with Gasteiger partial charge in [-0.3, -0.25) is 0 Å². The highest BCUT2D eigenvalue weighted by atomic mass is 15.3. The predicted molar refractivity (Wildman–Crippen MR) is 76.4 cm³/mol. The average molecular weight is 256 g/mol. The summed E-state index contributed by atoms with van der Waals surface area (Å²) >= 11 is 0. The van der Waals surface area contributed by atoms with E-state index in [9.17, 15) is 0 Å². The SMILES string of the molecule is Cc1cc(C)c(C=NN=C(N)N)c(-n2cccn2)c1. The van der Waals surface area contributed by atoms with Crippen molar-refractivity contribution in [3.05, 3.63) is 47.3 Å². The summed E-state index contributed by atoms with van der Waals surface area (Å²) in [6.45, 7) is 4.05. The number of hydrogen-bond donors (Lipinski definition) is 2. The summed E-state index contributed by atoms with van der Waals surface area (Å²) in [6.07, 6.45) is 5.24. The van der Waals surface area contributed by atoms with Crippen LogP contribution in [0.4, 0.5) is 0 Å². The second kappa shape index (κ2) is 5.34. The lowest BCUT2D eigenvalue weighted by molar-refractivity contribution is 0.876. The van der Waals surface area contributed by atoms with Gasteiger partial charge in [0.05, 0.1) is 11.9 Å². The van der Waals surface area contributed by atoms with Crippen molar-refractivity contribution in [3.63, 3.8) is 0 Å². The lowest BCUT2D eigenvalue weighted by Crippen LogP contribution is -2.21. The molecule has 0 saturated carbocycles. The van der Waals surface area contributed by atoms with Gasteiger partial charge in [-0.2, -0.15) is 10.2 Å². The maximum absolute atomic E-state index is 5.25. The second-order valence-corrected chi connectivity index (χ2v) is 4.23. The first kappa shape index (κ1) is 12.8. The number of benzene rings is 1. The van der Waals surface area contributed by atoms with Gasteiger partial charge < -0.3 is 11.5 Å². The molecule has 4 N–H and O–H groups in total. The van der Waals surface area contributed by atoms with Gasteiger partial charge in [-0.05, 0) is 37.1 Å². The van der Waals surface area contributed by atoms with Crippen molar-refractivity contribution < 1.29 is 0 Å². The van der Waals surface area contributed by atoms with Gasteiger partial charge in [-0.15, -0.1) is 5.10 Å². The highest BCUT2D eigenvalue weighted by Gasteiger charge is 2.07. The van der Waals surface area contributed by atoms with Gasteiger partial charge in [0, 0.05) is 18.0 Å². The van der Waals surface area contributed by atoms with Crippen LogP contribution in [0, 0.1) is 13.8 Å². The first-order valence-electron chi connectivity index (χ1n) is 5.81. The summed E-state index contributed by atoms with van der Waals surface area (Å²) in [7, 11) is 0. The first-order valence-corrected chi connectivity index (χ1v) is 5.81. The molecule has 19 heavy (non-hydrogen) atoms. The van der Waals surface area contributed by atoms with Gasteiger partial charge in [0.15, 0.2) is 0 Å². The fraction of sp³-hybridized carbons (Fsp3) is 0.154. The minimum absolute atomic E-state index is 0.0679. The Bertz CT molecular complexity index is 621. The molecule has 0 radical (unpaired) electrons. The highest BCUT2D eigenvalue weighted by molar-refractivity contribution is 5.87. The smallest absolute Gasteiger partial charge is 0.211 e. The molecule has 0 atom stereocenters. The molecule has 2 rings (SSSR count). The zero-order chi connectivity index (χ0) is 13.8. The van der Waals surface area contributed by atoms with Crippen LogP contribution in [0.1, 0.15) is 16.7 Å². The standard InChI is InChI=1S/C13H16N6/c1-9-6-10(2)11(8-16-18-13(14)15)12(7-9)19-5-3-4-17-19/h3-8H,1-2H3,(H4,14,15,18). The molecular weight excluding hydrogens is 240 g/mol. The number of guanidine groups is 1. The van der Waals surface area contributed by atoms with E-state index in [1.54, 1.807) is 17.1 Å². The van der Waals surface area contributed by atoms with Crippen LogP contribution in [-0.2, 0) is 0 Å². The van der Waals surface area contributed by atoms with Crippen LogP contribution in [-0.4, -0.2) is 22.0 Å². The minimum Gasteiger partial charge on any atom is -0.369 e. The fourth-order valence-electron chi connectivity index (χ4n) is 1.88. The minimum atomic E-state index is -0.0679. The quantitative estimate of drug-likeness (QED) is 0.489. The Labute approximate surface area is 111 Å². The Hall–Kier alpha value is -2.63. The summed E-state index contributed by atoms with van der Waals surface area (Å²) in [5.74, 6) is -0.0679. The molecule has 98 valence electrons. The zero-order valence-corrected chi connectivity index (χ0v) is 10.9. The number of rotatable bonds is 3. The van der Waals surface area contributed by atoms with Crippen LogP contribution in [0.3, 0.4) is 0 Å². The van der Waals surface area contributed by atoms with E-state index >= 15 is 0 Å². The fourth-order valence-corrected chi connectivity index (χ4v) is 1.88. The van der Waals surface area contributed by atoms with Crippen LogP contribution in [0.5, 0.6) is 0 Å². The largest absolute Gasteiger partial charge is 0.369 e. The Morgan fingerprint density at radius 3 is 2.74 bits per heavy atom. The third kappa shape index (κ3) is 2.98. The summed E-state index contributed by atoms with van der Waals surface area (Å²) in [5.41, 5.74) is 14.6. The van der Waals surface area contributed by atoms with Crippen molar-refractivity contribution in [1.29, 1.82) is 0 Å². The van der Waals surface area contributed by atoms with Crippen LogP contribution in [0.25, 0.3) is 5.69 Å². The third-order valence-electron chi connectivity index (χ3n) is 2.62. The number of nitrogens with two attached hydrogens (primary N) is 2. The molecule has 0 bridgehead atoms. The molecule has 0 amide bonds. The van der Waals surface area contributed by atoms with Crippen molar-refractivity contribution in [3.8, 4) is 5.69 Å². The maximum atomic E-state index is 5.25. The molecule has 0 aliphatic rings.